The van der Waals surface area contributed by atoms with Crippen LogP contribution in [0.5, 0.6) is 0 Å². The highest BCUT2D eigenvalue weighted by Crippen LogP contribution is 2.33. The van der Waals surface area contributed by atoms with Gasteiger partial charge in [0.2, 0.25) is 0 Å². The van der Waals surface area contributed by atoms with E-state index in [-0.39, 0.29) is 0 Å². The maximum atomic E-state index is 4.49. The summed E-state index contributed by atoms with van der Waals surface area (Å²) >= 11 is 0. The number of nitrogens with one attached hydrogen (secondary N) is 1. The van der Waals surface area contributed by atoms with Crippen molar-refractivity contribution in [3.05, 3.63) is 18.0 Å². The minimum Gasteiger partial charge on any atom is -0.316 e. The van der Waals surface area contributed by atoms with Crippen molar-refractivity contribution in [3.63, 3.8) is 0 Å². The fourth-order valence-corrected chi connectivity index (χ4v) is 2.84. The average molecular weight is 219 g/mol. The maximum Gasteiger partial charge on any atom is 0.0524 e. The average Bonchev–Trinajstić information content (AvgIpc) is 2.84. The summed E-state index contributed by atoms with van der Waals surface area (Å²) in [7, 11) is 0. The van der Waals surface area contributed by atoms with Gasteiger partial charge >= 0.3 is 0 Å². The van der Waals surface area contributed by atoms with Gasteiger partial charge in [0.05, 0.1) is 6.20 Å². The number of rotatable bonds is 4. The molecule has 0 spiro atoms. The minimum atomic E-state index is 0.805. The lowest BCUT2D eigenvalue weighted by Crippen LogP contribution is -2.42. The zero-order valence-corrected chi connectivity index (χ0v) is 9.86. The molecule has 0 bridgehead atoms. The zero-order valence-electron chi connectivity index (χ0n) is 9.86. The first-order valence-electron chi connectivity index (χ1n) is 6.65. The highest BCUT2D eigenvalue weighted by molar-refractivity contribution is 5.12. The lowest BCUT2D eigenvalue weighted by Gasteiger charge is -2.26. The van der Waals surface area contributed by atoms with Crippen LogP contribution in [0.1, 0.15) is 43.6 Å². The Balaban J connectivity index is 1.54. The van der Waals surface area contributed by atoms with Gasteiger partial charge in [-0.15, -0.1) is 0 Å². The molecule has 3 rings (SSSR count). The first kappa shape index (κ1) is 10.3. The van der Waals surface area contributed by atoms with E-state index in [0.717, 1.165) is 18.4 Å². The molecule has 1 saturated heterocycles. The minimum absolute atomic E-state index is 0.805. The standard InChI is InChI=1S/C13H21N3/c1-2-4-12(3-1)13-9-15-16(10-13)6-5-11-7-14-8-11/h9-12,14H,1-8H2. The predicted molar refractivity (Wildman–Crippen MR) is 64.4 cm³/mol. The second kappa shape index (κ2) is 4.58. The molecule has 1 aliphatic carbocycles. The highest BCUT2D eigenvalue weighted by atomic mass is 15.3. The SMILES string of the molecule is c1nn(CCC2CNC2)cc1C1CCCC1. The monoisotopic (exact) mass is 219 g/mol. The number of aromatic nitrogens is 2. The molecule has 0 aromatic carbocycles. The van der Waals surface area contributed by atoms with Gasteiger partial charge in [-0.1, -0.05) is 12.8 Å². The molecule has 1 aromatic heterocycles. The van der Waals surface area contributed by atoms with Crippen LogP contribution in [-0.2, 0) is 6.54 Å². The molecule has 1 aromatic rings. The Morgan fingerprint density at radius 3 is 2.81 bits per heavy atom. The van der Waals surface area contributed by atoms with E-state index in [9.17, 15) is 0 Å². The molecule has 0 amide bonds. The van der Waals surface area contributed by atoms with E-state index in [4.69, 9.17) is 0 Å². The summed E-state index contributed by atoms with van der Waals surface area (Å²) < 4.78 is 2.14. The number of hydrogen-bond acceptors (Lipinski definition) is 2. The van der Waals surface area contributed by atoms with Gasteiger partial charge in [-0.25, -0.2) is 0 Å². The van der Waals surface area contributed by atoms with Crippen molar-refractivity contribution in [2.24, 2.45) is 5.92 Å². The van der Waals surface area contributed by atoms with Gasteiger partial charge in [-0.3, -0.25) is 4.68 Å². The highest BCUT2D eigenvalue weighted by Gasteiger charge is 2.19. The van der Waals surface area contributed by atoms with Gasteiger partial charge in [0, 0.05) is 12.7 Å². The largest absolute Gasteiger partial charge is 0.316 e. The van der Waals surface area contributed by atoms with Crippen molar-refractivity contribution < 1.29 is 0 Å². The summed E-state index contributed by atoms with van der Waals surface area (Å²) in [6, 6.07) is 0. The van der Waals surface area contributed by atoms with E-state index in [1.807, 2.05) is 0 Å². The van der Waals surface area contributed by atoms with Crippen LogP contribution >= 0.6 is 0 Å². The predicted octanol–water partition coefficient (Wildman–Crippen LogP) is 2.15. The van der Waals surface area contributed by atoms with E-state index in [1.54, 1.807) is 0 Å². The fraction of sp³-hybridized carbons (Fsp3) is 0.769. The van der Waals surface area contributed by atoms with E-state index < -0.39 is 0 Å². The lowest BCUT2D eigenvalue weighted by atomic mass is 9.99. The third kappa shape index (κ3) is 2.14. The van der Waals surface area contributed by atoms with Crippen LogP contribution in [0, 0.1) is 5.92 Å². The molecule has 1 aliphatic heterocycles. The number of aryl methyl sites for hydroxylation is 1. The second-order valence-corrected chi connectivity index (χ2v) is 5.33. The Morgan fingerprint density at radius 2 is 2.12 bits per heavy atom. The first-order chi connectivity index (χ1) is 7.92. The van der Waals surface area contributed by atoms with E-state index >= 15 is 0 Å². The number of hydrogen-bond donors (Lipinski definition) is 1. The van der Waals surface area contributed by atoms with Gasteiger partial charge in [0.15, 0.2) is 0 Å². The Morgan fingerprint density at radius 1 is 1.31 bits per heavy atom. The van der Waals surface area contributed by atoms with Gasteiger partial charge in [0.25, 0.3) is 0 Å². The molecule has 2 heterocycles. The second-order valence-electron chi connectivity index (χ2n) is 5.33. The maximum absolute atomic E-state index is 4.49. The molecule has 0 unspecified atom stereocenters. The molecule has 1 saturated carbocycles. The summed E-state index contributed by atoms with van der Waals surface area (Å²) in [5, 5.41) is 7.81. The van der Waals surface area contributed by atoms with Gasteiger partial charge < -0.3 is 5.32 Å². The molecular formula is C13H21N3. The number of nitrogens with zero attached hydrogens (tertiary/aromatic N) is 2. The first-order valence-corrected chi connectivity index (χ1v) is 6.65. The molecule has 2 fully saturated rings. The summed E-state index contributed by atoms with van der Waals surface area (Å²) in [5.41, 5.74) is 1.48. The van der Waals surface area contributed by atoms with Gasteiger partial charge in [-0.05, 0) is 49.8 Å². The van der Waals surface area contributed by atoms with Crippen molar-refractivity contribution in [1.82, 2.24) is 15.1 Å². The molecule has 3 heteroatoms. The van der Waals surface area contributed by atoms with Crippen molar-refractivity contribution in [3.8, 4) is 0 Å². The smallest absolute Gasteiger partial charge is 0.0524 e. The fourth-order valence-electron chi connectivity index (χ4n) is 2.84. The van der Waals surface area contributed by atoms with Gasteiger partial charge in [-0.2, -0.15) is 5.10 Å². The molecule has 88 valence electrons. The van der Waals surface area contributed by atoms with Crippen LogP contribution < -0.4 is 5.32 Å². The van der Waals surface area contributed by atoms with Crippen molar-refractivity contribution in [2.75, 3.05) is 13.1 Å². The van der Waals surface area contributed by atoms with Crippen molar-refractivity contribution in [2.45, 2.75) is 44.6 Å². The van der Waals surface area contributed by atoms with Crippen LogP contribution in [0.4, 0.5) is 0 Å². The van der Waals surface area contributed by atoms with Crippen LogP contribution in [0.15, 0.2) is 12.4 Å². The van der Waals surface area contributed by atoms with E-state index in [1.165, 1.54) is 50.8 Å². The van der Waals surface area contributed by atoms with Crippen LogP contribution in [-0.4, -0.2) is 22.9 Å². The molecule has 16 heavy (non-hydrogen) atoms. The lowest BCUT2D eigenvalue weighted by molar-refractivity contribution is 0.307. The van der Waals surface area contributed by atoms with Crippen LogP contribution in [0.2, 0.25) is 0 Å². The molecule has 1 N–H and O–H groups in total. The Kier molecular flexibility index (Phi) is 2.96. The summed E-state index contributed by atoms with van der Waals surface area (Å²) in [4.78, 5) is 0. The van der Waals surface area contributed by atoms with E-state index in [0.29, 0.717) is 0 Å². The quantitative estimate of drug-likeness (QED) is 0.841. The topological polar surface area (TPSA) is 29.9 Å². The van der Waals surface area contributed by atoms with Crippen molar-refractivity contribution >= 4 is 0 Å². The normalized spacial score (nSPS) is 22.5. The molecule has 0 atom stereocenters. The molecular weight excluding hydrogens is 198 g/mol. The molecule has 2 aliphatic rings. The van der Waals surface area contributed by atoms with Crippen molar-refractivity contribution in [1.29, 1.82) is 0 Å². The van der Waals surface area contributed by atoms with E-state index in [2.05, 4.69) is 27.5 Å². The molecule has 3 nitrogen and oxygen atoms in total. The third-order valence-electron chi connectivity index (χ3n) is 4.11. The Hall–Kier alpha value is -0.830. The Labute approximate surface area is 97.2 Å². The summed E-state index contributed by atoms with van der Waals surface area (Å²) in [6.45, 7) is 3.51. The van der Waals surface area contributed by atoms with Crippen LogP contribution in [0.25, 0.3) is 0 Å². The Bertz CT molecular complexity index is 335. The molecule has 0 radical (unpaired) electrons. The third-order valence-corrected chi connectivity index (χ3v) is 4.11. The van der Waals surface area contributed by atoms with Gasteiger partial charge in [0.1, 0.15) is 0 Å². The zero-order chi connectivity index (χ0) is 10.8. The van der Waals surface area contributed by atoms with Crippen LogP contribution in [0.3, 0.4) is 0 Å². The summed E-state index contributed by atoms with van der Waals surface area (Å²) in [6.07, 6.45) is 11.2. The summed E-state index contributed by atoms with van der Waals surface area (Å²) in [5.74, 6) is 1.69.